The Labute approximate surface area is 127 Å². The van der Waals surface area contributed by atoms with E-state index in [-0.39, 0.29) is 6.61 Å². The van der Waals surface area contributed by atoms with Gasteiger partial charge in [0.25, 0.3) is 0 Å². The monoisotopic (exact) mass is 299 g/mol. The summed E-state index contributed by atoms with van der Waals surface area (Å²) in [4.78, 5) is 16.9. The van der Waals surface area contributed by atoms with Crippen molar-refractivity contribution in [3.05, 3.63) is 30.0 Å². The molecule has 6 nitrogen and oxygen atoms in total. The van der Waals surface area contributed by atoms with Gasteiger partial charge in [0.05, 0.1) is 0 Å². The Hall–Kier alpha value is -2.52. The fourth-order valence-corrected chi connectivity index (χ4v) is 3.04. The molecule has 1 aliphatic rings. The molecule has 0 saturated carbocycles. The summed E-state index contributed by atoms with van der Waals surface area (Å²) in [5, 5.41) is 19.1. The van der Waals surface area contributed by atoms with E-state index in [2.05, 4.69) is 4.98 Å². The normalized spacial score (nSPS) is 16.5. The molecule has 1 saturated heterocycles. The molecule has 1 fully saturated rings. The predicted molar refractivity (Wildman–Crippen MR) is 80.6 cm³/mol. The quantitative estimate of drug-likeness (QED) is 0.884. The summed E-state index contributed by atoms with van der Waals surface area (Å²) < 4.78 is 5.32. The summed E-state index contributed by atoms with van der Waals surface area (Å²) in [6.45, 7) is 1.57. The maximum Gasteiger partial charge on any atom is 0.325 e. The van der Waals surface area contributed by atoms with E-state index in [1.807, 2.05) is 17.0 Å². The third kappa shape index (κ3) is 2.63. The first kappa shape index (κ1) is 14.4. The Balaban J connectivity index is 2.00. The zero-order valence-corrected chi connectivity index (χ0v) is 12.1. The molecule has 114 valence electrons. The molecule has 0 spiro atoms. The number of carboxylic acid groups (broad SMARTS) is 1. The molecular formula is C16H17N3O3. The van der Waals surface area contributed by atoms with E-state index in [0.29, 0.717) is 5.75 Å². The third-order valence-electron chi connectivity index (χ3n) is 4.02. The van der Waals surface area contributed by atoms with Crippen LogP contribution in [0.25, 0.3) is 10.9 Å². The third-order valence-corrected chi connectivity index (χ3v) is 4.02. The number of ether oxygens (including phenoxy) is 1. The molecule has 22 heavy (non-hydrogen) atoms. The molecule has 2 heterocycles. The molecule has 1 aliphatic heterocycles. The van der Waals surface area contributed by atoms with Gasteiger partial charge < -0.3 is 14.8 Å². The highest BCUT2D eigenvalue weighted by Gasteiger charge is 2.31. The molecule has 2 aromatic rings. The van der Waals surface area contributed by atoms with Gasteiger partial charge in [-0.2, -0.15) is 5.26 Å². The van der Waals surface area contributed by atoms with Crippen molar-refractivity contribution in [3.63, 3.8) is 0 Å². The lowest BCUT2D eigenvalue weighted by molar-refractivity contribution is -0.143. The number of hydrogen-bond donors (Lipinski definition) is 2. The molecule has 3 rings (SSSR count). The molecular weight excluding hydrogens is 282 g/mol. The summed E-state index contributed by atoms with van der Waals surface area (Å²) in [6, 6.07) is 6.68. The first-order chi connectivity index (χ1) is 10.7. The lowest BCUT2D eigenvalue weighted by atomic mass is 10.0. The lowest BCUT2D eigenvalue weighted by Crippen LogP contribution is -2.31. The predicted octanol–water partition coefficient (Wildman–Crippen LogP) is 2.29. The van der Waals surface area contributed by atoms with Gasteiger partial charge in [0.1, 0.15) is 17.9 Å². The van der Waals surface area contributed by atoms with Crippen molar-refractivity contribution in [2.75, 3.05) is 19.7 Å². The van der Waals surface area contributed by atoms with Gasteiger partial charge in [-0.25, -0.2) is 0 Å². The van der Waals surface area contributed by atoms with Crippen LogP contribution in [0.4, 0.5) is 0 Å². The van der Waals surface area contributed by atoms with Gasteiger partial charge in [-0.15, -0.1) is 0 Å². The zero-order chi connectivity index (χ0) is 15.5. The number of benzene rings is 1. The van der Waals surface area contributed by atoms with Crippen molar-refractivity contribution in [1.82, 2.24) is 9.88 Å². The maximum absolute atomic E-state index is 11.8. The number of aromatic nitrogens is 1. The van der Waals surface area contributed by atoms with E-state index < -0.39 is 12.0 Å². The number of carboxylic acids is 1. The highest BCUT2D eigenvalue weighted by atomic mass is 16.5. The molecule has 0 amide bonds. The van der Waals surface area contributed by atoms with Gasteiger partial charge in [-0.05, 0) is 44.1 Å². The van der Waals surface area contributed by atoms with Gasteiger partial charge in [0, 0.05) is 22.7 Å². The molecule has 0 radical (unpaired) electrons. The second-order valence-corrected chi connectivity index (χ2v) is 5.38. The summed E-state index contributed by atoms with van der Waals surface area (Å²) in [6.07, 6.45) is 3.82. The van der Waals surface area contributed by atoms with Gasteiger partial charge >= 0.3 is 5.97 Å². The van der Waals surface area contributed by atoms with Crippen molar-refractivity contribution in [1.29, 1.82) is 5.26 Å². The van der Waals surface area contributed by atoms with Crippen LogP contribution in [0.2, 0.25) is 0 Å². The number of hydrogen-bond acceptors (Lipinski definition) is 4. The Morgan fingerprint density at radius 1 is 1.45 bits per heavy atom. The van der Waals surface area contributed by atoms with Crippen LogP contribution < -0.4 is 4.74 Å². The molecule has 1 aromatic heterocycles. The van der Waals surface area contributed by atoms with Crippen LogP contribution in [0.1, 0.15) is 24.4 Å². The number of H-pyrrole nitrogens is 1. The van der Waals surface area contributed by atoms with E-state index in [0.717, 1.165) is 42.4 Å². The number of nitriles is 1. The topological polar surface area (TPSA) is 89.3 Å². The van der Waals surface area contributed by atoms with Crippen LogP contribution in [0.3, 0.4) is 0 Å². The van der Waals surface area contributed by atoms with Crippen LogP contribution >= 0.6 is 0 Å². The summed E-state index contributed by atoms with van der Waals surface area (Å²) in [7, 11) is 0. The number of nitrogens with zero attached hydrogens (tertiary/aromatic N) is 2. The lowest BCUT2D eigenvalue weighted by Gasteiger charge is -2.23. The second-order valence-electron chi connectivity index (χ2n) is 5.38. The molecule has 0 aliphatic carbocycles. The smallest absolute Gasteiger partial charge is 0.325 e. The van der Waals surface area contributed by atoms with Crippen molar-refractivity contribution >= 4 is 16.9 Å². The standard InChI is InChI=1S/C16H17N3O3/c17-5-8-22-11-3-4-14-12(9-11)13(10-18-14)15(16(20)21)19-6-1-2-7-19/h3-4,9-10,15,18H,1-2,6-8H2,(H,20,21)/t15-/m0/s1. The largest absolute Gasteiger partial charge is 0.480 e. The average molecular weight is 299 g/mol. The number of aliphatic carboxylic acids is 1. The number of likely N-dealkylation sites (tertiary alicyclic amines) is 1. The van der Waals surface area contributed by atoms with Gasteiger partial charge in [0.2, 0.25) is 0 Å². The molecule has 2 N–H and O–H groups in total. The minimum absolute atomic E-state index is 0.0280. The minimum Gasteiger partial charge on any atom is -0.480 e. The fraction of sp³-hybridized carbons (Fsp3) is 0.375. The maximum atomic E-state index is 11.8. The van der Waals surface area contributed by atoms with E-state index in [1.165, 1.54) is 0 Å². The highest BCUT2D eigenvalue weighted by molar-refractivity contribution is 5.90. The molecule has 1 atom stereocenters. The highest BCUT2D eigenvalue weighted by Crippen LogP contribution is 2.32. The van der Waals surface area contributed by atoms with E-state index in [9.17, 15) is 9.90 Å². The average Bonchev–Trinajstić information content (AvgIpc) is 3.16. The zero-order valence-electron chi connectivity index (χ0n) is 12.1. The van der Waals surface area contributed by atoms with Crippen molar-refractivity contribution in [3.8, 4) is 11.8 Å². The van der Waals surface area contributed by atoms with E-state index in [4.69, 9.17) is 10.00 Å². The van der Waals surface area contributed by atoms with E-state index in [1.54, 1.807) is 18.3 Å². The first-order valence-electron chi connectivity index (χ1n) is 7.28. The number of aromatic amines is 1. The van der Waals surface area contributed by atoms with Crippen molar-refractivity contribution in [2.24, 2.45) is 0 Å². The fourth-order valence-electron chi connectivity index (χ4n) is 3.04. The number of nitrogens with one attached hydrogen (secondary N) is 1. The van der Waals surface area contributed by atoms with Gasteiger partial charge in [-0.3, -0.25) is 9.69 Å². The number of carbonyl (C=O) groups is 1. The van der Waals surface area contributed by atoms with Crippen LogP contribution in [-0.4, -0.2) is 40.7 Å². The van der Waals surface area contributed by atoms with Crippen LogP contribution in [0, 0.1) is 11.3 Å². The molecule has 1 aromatic carbocycles. The SMILES string of the molecule is N#CCOc1ccc2[nH]cc([C@@H](C(=O)O)N3CCCC3)c2c1. The number of fused-ring (bicyclic) bond motifs is 1. The second kappa shape index (κ2) is 6.08. The Morgan fingerprint density at radius 2 is 2.23 bits per heavy atom. The van der Waals surface area contributed by atoms with Gasteiger partial charge in [-0.1, -0.05) is 0 Å². The molecule has 0 bridgehead atoms. The Morgan fingerprint density at radius 3 is 2.91 bits per heavy atom. The summed E-state index contributed by atoms with van der Waals surface area (Å²) >= 11 is 0. The first-order valence-corrected chi connectivity index (χ1v) is 7.28. The summed E-state index contributed by atoms with van der Waals surface area (Å²) in [5.74, 6) is -0.272. The summed E-state index contributed by atoms with van der Waals surface area (Å²) in [5.41, 5.74) is 1.61. The Kier molecular flexibility index (Phi) is 3.98. The number of rotatable bonds is 5. The molecule has 6 heteroatoms. The Bertz CT molecular complexity index is 726. The van der Waals surface area contributed by atoms with Crippen LogP contribution in [0.15, 0.2) is 24.4 Å². The van der Waals surface area contributed by atoms with Crippen molar-refractivity contribution < 1.29 is 14.6 Å². The van der Waals surface area contributed by atoms with Crippen molar-refractivity contribution in [2.45, 2.75) is 18.9 Å². The molecule has 0 unspecified atom stereocenters. The van der Waals surface area contributed by atoms with Gasteiger partial charge in [0.15, 0.2) is 6.61 Å². The van der Waals surface area contributed by atoms with Crippen LogP contribution in [0.5, 0.6) is 5.75 Å². The van der Waals surface area contributed by atoms with E-state index >= 15 is 0 Å². The minimum atomic E-state index is -0.842. The van der Waals surface area contributed by atoms with Crippen LogP contribution in [-0.2, 0) is 4.79 Å².